The molecule has 0 aliphatic heterocycles. The van der Waals surface area contributed by atoms with E-state index in [-0.39, 0.29) is 17.5 Å². The van der Waals surface area contributed by atoms with Gasteiger partial charge in [-0.25, -0.2) is 17.4 Å². The minimum absolute atomic E-state index is 0.0117. The summed E-state index contributed by atoms with van der Waals surface area (Å²) in [7, 11) is -4.31. The lowest BCUT2D eigenvalue weighted by atomic mass is 10.2. The standard InChI is InChI=1S/C21H16F3N5O4S/c1-13(30)26-15-4-2-5-16(10-15)27-20-25-12-14-8-9-29(19(14)28-20)34(31,32)18-7-3-6-17(11-18)33-21(22,23)24/h2-12H,1H3,(H,26,30)(H,25,27,28). The van der Waals surface area contributed by atoms with E-state index < -0.39 is 27.0 Å². The molecule has 2 N–H and O–H groups in total. The van der Waals surface area contributed by atoms with Crippen LogP contribution in [0.5, 0.6) is 5.75 Å². The number of carbonyl (C=O) groups excluding carboxylic acids is 1. The largest absolute Gasteiger partial charge is 0.573 e. The second-order valence-corrected chi connectivity index (χ2v) is 8.81. The topological polar surface area (TPSA) is 115 Å². The van der Waals surface area contributed by atoms with Crippen LogP contribution in [0.15, 0.2) is 71.9 Å². The third-order valence-electron chi connectivity index (χ3n) is 4.43. The van der Waals surface area contributed by atoms with Gasteiger partial charge in [0.15, 0.2) is 5.65 Å². The SMILES string of the molecule is CC(=O)Nc1cccc(Nc2ncc3ccn(S(=O)(=O)c4cccc(OC(F)(F)F)c4)c3n2)c1. The predicted molar refractivity (Wildman–Crippen MR) is 117 cm³/mol. The highest BCUT2D eigenvalue weighted by molar-refractivity contribution is 7.90. The summed E-state index contributed by atoms with van der Waals surface area (Å²) in [5.74, 6) is -0.847. The number of hydrogen-bond acceptors (Lipinski definition) is 7. The van der Waals surface area contributed by atoms with E-state index in [1.54, 1.807) is 24.3 Å². The van der Waals surface area contributed by atoms with Gasteiger partial charge in [0.05, 0.1) is 4.90 Å². The maximum Gasteiger partial charge on any atom is 0.573 e. The third kappa shape index (κ3) is 5.09. The first-order valence-corrected chi connectivity index (χ1v) is 11.1. The summed E-state index contributed by atoms with van der Waals surface area (Å²) in [5.41, 5.74) is 1.08. The highest BCUT2D eigenvalue weighted by Gasteiger charge is 2.31. The van der Waals surface area contributed by atoms with E-state index in [0.717, 1.165) is 28.2 Å². The maximum atomic E-state index is 13.1. The number of anilines is 3. The fraction of sp³-hybridized carbons (Fsp3) is 0.0952. The summed E-state index contributed by atoms with van der Waals surface area (Å²) in [6.45, 7) is 1.37. The van der Waals surface area contributed by atoms with Gasteiger partial charge in [0, 0.05) is 42.1 Å². The van der Waals surface area contributed by atoms with Gasteiger partial charge in [-0.1, -0.05) is 12.1 Å². The summed E-state index contributed by atoms with van der Waals surface area (Å²) < 4.78 is 68.6. The summed E-state index contributed by atoms with van der Waals surface area (Å²) >= 11 is 0. The van der Waals surface area contributed by atoms with Crippen LogP contribution in [0.2, 0.25) is 0 Å². The number of fused-ring (bicyclic) bond motifs is 1. The fourth-order valence-electron chi connectivity index (χ4n) is 3.10. The van der Waals surface area contributed by atoms with E-state index in [4.69, 9.17) is 0 Å². The van der Waals surface area contributed by atoms with Crippen LogP contribution in [-0.2, 0) is 14.8 Å². The average Bonchev–Trinajstić information content (AvgIpc) is 3.16. The van der Waals surface area contributed by atoms with E-state index in [1.807, 2.05) is 0 Å². The molecule has 0 aliphatic carbocycles. The van der Waals surface area contributed by atoms with Crippen LogP contribution in [0, 0.1) is 0 Å². The van der Waals surface area contributed by atoms with Crippen molar-refractivity contribution in [2.45, 2.75) is 18.2 Å². The molecule has 4 aromatic rings. The van der Waals surface area contributed by atoms with Crippen molar-refractivity contribution < 1.29 is 31.1 Å². The number of ether oxygens (including phenoxy) is 1. The normalized spacial score (nSPS) is 11.9. The Hall–Kier alpha value is -4.13. The van der Waals surface area contributed by atoms with Crippen molar-refractivity contribution in [2.24, 2.45) is 0 Å². The fourth-order valence-corrected chi connectivity index (χ4v) is 4.44. The Balaban J connectivity index is 1.68. The summed E-state index contributed by atoms with van der Waals surface area (Å²) in [6, 6.07) is 12.2. The van der Waals surface area contributed by atoms with Crippen LogP contribution in [0.4, 0.5) is 30.5 Å². The van der Waals surface area contributed by atoms with Crippen LogP contribution in [0.3, 0.4) is 0 Å². The molecule has 34 heavy (non-hydrogen) atoms. The molecule has 0 saturated heterocycles. The molecule has 2 aromatic heterocycles. The van der Waals surface area contributed by atoms with Crippen LogP contribution < -0.4 is 15.4 Å². The van der Waals surface area contributed by atoms with Gasteiger partial charge in [-0.05, 0) is 36.4 Å². The van der Waals surface area contributed by atoms with Crippen LogP contribution in [-0.4, -0.2) is 34.6 Å². The average molecular weight is 491 g/mol. The van der Waals surface area contributed by atoms with E-state index >= 15 is 0 Å². The third-order valence-corrected chi connectivity index (χ3v) is 6.09. The maximum absolute atomic E-state index is 13.1. The van der Waals surface area contributed by atoms with Gasteiger partial charge < -0.3 is 15.4 Å². The van der Waals surface area contributed by atoms with Crippen molar-refractivity contribution >= 4 is 44.3 Å². The number of benzene rings is 2. The van der Waals surface area contributed by atoms with E-state index in [0.29, 0.717) is 16.8 Å². The van der Waals surface area contributed by atoms with Gasteiger partial charge in [0.2, 0.25) is 11.9 Å². The number of halogens is 3. The van der Waals surface area contributed by atoms with Gasteiger partial charge in [-0.3, -0.25) is 4.79 Å². The molecule has 1 amide bonds. The lowest BCUT2D eigenvalue weighted by Crippen LogP contribution is -2.18. The number of amides is 1. The Morgan fingerprint density at radius 3 is 2.53 bits per heavy atom. The first-order chi connectivity index (χ1) is 16.0. The second-order valence-electron chi connectivity index (χ2n) is 7.00. The van der Waals surface area contributed by atoms with Crippen molar-refractivity contribution in [3.05, 3.63) is 67.0 Å². The molecule has 0 unspecified atom stereocenters. The van der Waals surface area contributed by atoms with E-state index in [1.165, 1.54) is 25.4 Å². The van der Waals surface area contributed by atoms with Crippen molar-refractivity contribution in [3.63, 3.8) is 0 Å². The summed E-state index contributed by atoms with van der Waals surface area (Å²) in [5, 5.41) is 5.96. The molecule has 2 aromatic carbocycles. The molecule has 0 spiro atoms. The van der Waals surface area contributed by atoms with Crippen molar-refractivity contribution in [2.75, 3.05) is 10.6 Å². The van der Waals surface area contributed by atoms with Gasteiger partial charge in [0.25, 0.3) is 10.0 Å². The van der Waals surface area contributed by atoms with Crippen molar-refractivity contribution in [1.29, 1.82) is 0 Å². The minimum Gasteiger partial charge on any atom is -0.406 e. The lowest BCUT2D eigenvalue weighted by Gasteiger charge is -2.12. The quantitative estimate of drug-likeness (QED) is 0.414. The molecular weight excluding hydrogens is 475 g/mol. The lowest BCUT2D eigenvalue weighted by molar-refractivity contribution is -0.274. The Bertz CT molecular complexity index is 1490. The molecule has 0 atom stereocenters. The molecule has 2 heterocycles. The van der Waals surface area contributed by atoms with Gasteiger partial charge in [-0.15, -0.1) is 13.2 Å². The second kappa shape index (κ2) is 8.67. The summed E-state index contributed by atoms with van der Waals surface area (Å²) in [6.07, 6.45) is -2.34. The monoisotopic (exact) mass is 491 g/mol. The predicted octanol–water partition coefficient (Wildman–Crippen LogP) is 4.27. The van der Waals surface area contributed by atoms with Crippen LogP contribution in [0.25, 0.3) is 11.0 Å². The molecule has 9 nitrogen and oxygen atoms in total. The number of rotatable bonds is 6. The molecule has 4 rings (SSSR count). The Labute approximate surface area is 191 Å². The van der Waals surface area contributed by atoms with E-state index in [9.17, 15) is 26.4 Å². The van der Waals surface area contributed by atoms with Gasteiger partial charge in [-0.2, -0.15) is 4.98 Å². The first-order valence-electron chi connectivity index (χ1n) is 9.61. The highest BCUT2D eigenvalue weighted by Crippen LogP contribution is 2.28. The number of hydrogen-bond donors (Lipinski definition) is 2. The number of aromatic nitrogens is 3. The Morgan fingerprint density at radius 1 is 1.06 bits per heavy atom. The van der Waals surface area contributed by atoms with Crippen molar-refractivity contribution in [3.8, 4) is 5.75 Å². The van der Waals surface area contributed by atoms with Crippen LogP contribution >= 0.6 is 0 Å². The minimum atomic E-state index is -4.96. The Kier molecular flexibility index (Phi) is 5.87. The number of alkyl halides is 3. The van der Waals surface area contributed by atoms with Gasteiger partial charge in [0.1, 0.15) is 5.75 Å². The molecule has 0 bridgehead atoms. The van der Waals surface area contributed by atoms with Gasteiger partial charge >= 0.3 is 6.36 Å². The zero-order valence-corrected chi connectivity index (χ0v) is 18.2. The highest BCUT2D eigenvalue weighted by atomic mass is 32.2. The number of carbonyl (C=O) groups is 1. The zero-order valence-electron chi connectivity index (χ0n) is 17.4. The first kappa shape index (κ1) is 23.0. The molecule has 0 fully saturated rings. The van der Waals surface area contributed by atoms with Crippen molar-refractivity contribution in [1.82, 2.24) is 13.9 Å². The van der Waals surface area contributed by atoms with E-state index in [2.05, 4.69) is 25.3 Å². The molecule has 0 aliphatic rings. The molecule has 13 heteroatoms. The molecule has 0 radical (unpaired) electrons. The number of nitrogens with zero attached hydrogens (tertiary/aromatic N) is 3. The molecule has 0 saturated carbocycles. The number of nitrogens with one attached hydrogen (secondary N) is 2. The van der Waals surface area contributed by atoms with Crippen LogP contribution in [0.1, 0.15) is 6.92 Å². The molecular formula is C21H16F3N5O4S. The zero-order chi connectivity index (χ0) is 24.5. The molecule has 176 valence electrons. The smallest absolute Gasteiger partial charge is 0.406 e. The summed E-state index contributed by atoms with van der Waals surface area (Å²) in [4.78, 5) is 19.3. The Morgan fingerprint density at radius 2 is 1.79 bits per heavy atom.